The second-order valence-electron chi connectivity index (χ2n) is 9.79. The van der Waals surface area contributed by atoms with Gasteiger partial charge in [-0.1, -0.05) is 49.3 Å². The largest absolute Gasteiger partial charge is 0.478 e. The molecule has 0 amide bonds. The number of carboxylic acids is 1. The second-order valence-corrected chi connectivity index (χ2v) is 9.79. The number of carbonyl (C=O) groups excluding carboxylic acids is 1. The number of ketones is 1. The van der Waals surface area contributed by atoms with Gasteiger partial charge in [-0.25, -0.2) is 4.79 Å². The van der Waals surface area contributed by atoms with Gasteiger partial charge in [-0.05, 0) is 42.5 Å². The first-order valence-corrected chi connectivity index (χ1v) is 11.9. The number of carbonyl (C=O) groups is 2. The van der Waals surface area contributed by atoms with Gasteiger partial charge in [0.25, 0.3) is 0 Å². The van der Waals surface area contributed by atoms with E-state index in [1.54, 1.807) is 30.3 Å². The molecule has 1 aromatic heterocycles. The molecule has 176 valence electrons. The minimum Gasteiger partial charge on any atom is -0.478 e. The van der Waals surface area contributed by atoms with Crippen molar-refractivity contribution in [3.05, 3.63) is 71.3 Å². The number of carboxylic acid groups (broad SMARTS) is 1. The van der Waals surface area contributed by atoms with Crippen LogP contribution in [0.1, 0.15) is 46.5 Å². The maximum Gasteiger partial charge on any atom is 0.335 e. The van der Waals surface area contributed by atoms with Crippen LogP contribution < -0.4 is 10.2 Å². The lowest BCUT2D eigenvalue weighted by atomic mass is 9.85. The maximum absolute atomic E-state index is 13.8. The minimum absolute atomic E-state index is 0.106. The highest BCUT2D eigenvalue weighted by Crippen LogP contribution is 2.47. The van der Waals surface area contributed by atoms with E-state index in [1.165, 1.54) is 6.42 Å². The van der Waals surface area contributed by atoms with E-state index in [0.29, 0.717) is 51.0 Å². The summed E-state index contributed by atoms with van der Waals surface area (Å²) >= 11 is 0. The molecular formula is C28H25N3O4. The summed E-state index contributed by atoms with van der Waals surface area (Å²) in [5.41, 5.74) is 4.78. The third kappa shape index (κ3) is 3.46. The topological polar surface area (TPSA) is 95.7 Å². The molecule has 2 aliphatic rings. The molecule has 7 heteroatoms. The van der Waals surface area contributed by atoms with E-state index in [9.17, 15) is 14.7 Å². The van der Waals surface area contributed by atoms with E-state index in [-0.39, 0.29) is 11.3 Å². The van der Waals surface area contributed by atoms with Crippen molar-refractivity contribution in [2.24, 2.45) is 11.8 Å². The van der Waals surface area contributed by atoms with Crippen molar-refractivity contribution in [3.63, 3.8) is 0 Å². The first kappa shape index (κ1) is 21.4. The number of benzene rings is 3. The van der Waals surface area contributed by atoms with Gasteiger partial charge in [0.05, 0.1) is 27.9 Å². The smallest absolute Gasteiger partial charge is 0.335 e. The molecule has 2 atom stereocenters. The van der Waals surface area contributed by atoms with E-state index in [2.05, 4.69) is 29.2 Å². The predicted octanol–water partition coefficient (Wildman–Crippen LogP) is 5.96. The second kappa shape index (κ2) is 7.98. The molecule has 1 aliphatic heterocycles. The Kier molecular flexibility index (Phi) is 4.88. The number of aromatic nitrogens is 1. The highest BCUT2D eigenvalue weighted by Gasteiger charge is 2.34. The number of aromatic carboxylic acids is 1. The Bertz CT molecular complexity index is 1500. The van der Waals surface area contributed by atoms with Crippen molar-refractivity contribution in [3.8, 4) is 11.3 Å². The van der Waals surface area contributed by atoms with E-state index in [0.717, 1.165) is 24.3 Å². The molecule has 0 bridgehead atoms. The highest BCUT2D eigenvalue weighted by molar-refractivity contribution is 6.28. The number of anilines is 3. The van der Waals surface area contributed by atoms with Crippen LogP contribution in [0.25, 0.3) is 22.2 Å². The maximum atomic E-state index is 13.8. The molecule has 2 heterocycles. The molecule has 0 radical (unpaired) electrons. The van der Waals surface area contributed by atoms with E-state index >= 15 is 0 Å². The number of nitrogens with zero attached hydrogens (tertiary/aromatic N) is 2. The van der Waals surface area contributed by atoms with Crippen LogP contribution in [0.2, 0.25) is 0 Å². The summed E-state index contributed by atoms with van der Waals surface area (Å²) < 4.78 is 5.88. The molecule has 0 spiro atoms. The van der Waals surface area contributed by atoms with Gasteiger partial charge in [-0.15, -0.1) is 0 Å². The predicted molar refractivity (Wildman–Crippen MR) is 135 cm³/mol. The summed E-state index contributed by atoms with van der Waals surface area (Å²) in [7, 11) is 0. The molecule has 1 saturated heterocycles. The molecule has 0 unspecified atom stereocenters. The van der Waals surface area contributed by atoms with Gasteiger partial charge >= 0.3 is 5.97 Å². The van der Waals surface area contributed by atoms with Crippen LogP contribution in [0.4, 0.5) is 17.1 Å². The standard InChI is InChI=1S/C28H25N3O4/c1-15-10-16(2)14-31(13-15)22-12-21(29-18-7-5-6-17(11-18)28(33)34)23-24-25(22)30-35-27(24)20-9-4-3-8-19(20)26(23)32/h3-9,11-12,15-16,29H,10,13-14H2,1-2H3,(H,33,34)/t15-,16-/m1/s1. The molecule has 35 heavy (non-hydrogen) atoms. The van der Waals surface area contributed by atoms with Gasteiger partial charge < -0.3 is 19.8 Å². The third-order valence-electron chi connectivity index (χ3n) is 6.98. The number of piperidine rings is 1. The average Bonchev–Trinajstić information content (AvgIpc) is 3.27. The molecule has 3 aromatic carbocycles. The lowest BCUT2D eigenvalue weighted by Crippen LogP contribution is -2.39. The third-order valence-corrected chi connectivity index (χ3v) is 6.98. The van der Waals surface area contributed by atoms with Crippen LogP contribution in [0, 0.1) is 11.8 Å². The summed E-state index contributed by atoms with van der Waals surface area (Å²) in [4.78, 5) is 27.6. The van der Waals surface area contributed by atoms with Crippen molar-refractivity contribution in [1.82, 2.24) is 5.16 Å². The zero-order valence-electron chi connectivity index (χ0n) is 19.5. The Morgan fingerprint density at radius 3 is 2.54 bits per heavy atom. The zero-order valence-corrected chi connectivity index (χ0v) is 19.5. The van der Waals surface area contributed by atoms with Crippen molar-refractivity contribution in [1.29, 1.82) is 0 Å². The number of rotatable bonds is 4. The Balaban J connectivity index is 1.58. The monoisotopic (exact) mass is 467 g/mol. The Morgan fingerprint density at radius 2 is 1.80 bits per heavy atom. The lowest BCUT2D eigenvalue weighted by molar-refractivity contribution is 0.0696. The molecule has 1 fully saturated rings. The first-order valence-electron chi connectivity index (χ1n) is 11.9. The Labute approximate surface area is 202 Å². The van der Waals surface area contributed by atoms with Gasteiger partial charge in [-0.2, -0.15) is 0 Å². The molecular weight excluding hydrogens is 442 g/mol. The van der Waals surface area contributed by atoms with Crippen LogP contribution in [0.5, 0.6) is 0 Å². The van der Waals surface area contributed by atoms with Crippen LogP contribution in [0.3, 0.4) is 0 Å². The van der Waals surface area contributed by atoms with Crippen molar-refractivity contribution >= 4 is 39.7 Å². The molecule has 4 aromatic rings. The number of fused-ring (bicyclic) bond motifs is 2. The Morgan fingerprint density at radius 1 is 1.06 bits per heavy atom. The summed E-state index contributed by atoms with van der Waals surface area (Å²) in [6, 6.07) is 16.0. The minimum atomic E-state index is -1.01. The van der Waals surface area contributed by atoms with E-state index in [1.807, 2.05) is 24.3 Å². The fraction of sp³-hybridized carbons (Fsp3) is 0.250. The normalized spacial score (nSPS) is 19.0. The number of nitrogens with one attached hydrogen (secondary N) is 1. The summed E-state index contributed by atoms with van der Waals surface area (Å²) in [5, 5.41) is 17.9. The van der Waals surface area contributed by atoms with Gasteiger partial charge in [0, 0.05) is 29.9 Å². The SMILES string of the molecule is C[C@@H]1C[C@@H](C)CN(c2cc(Nc3cccc(C(=O)O)c3)c3c4c(onc24)-c2ccccc2C3=O)C1. The van der Waals surface area contributed by atoms with Gasteiger partial charge in [-0.3, -0.25) is 4.79 Å². The Hall–Kier alpha value is -4.13. The molecule has 0 saturated carbocycles. The quantitative estimate of drug-likeness (QED) is 0.336. The van der Waals surface area contributed by atoms with Crippen LogP contribution in [-0.2, 0) is 0 Å². The van der Waals surface area contributed by atoms with E-state index < -0.39 is 5.97 Å². The van der Waals surface area contributed by atoms with Crippen LogP contribution >= 0.6 is 0 Å². The molecule has 2 N–H and O–H groups in total. The zero-order chi connectivity index (χ0) is 24.3. The fourth-order valence-electron chi connectivity index (χ4n) is 5.63. The fourth-order valence-corrected chi connectivity index (χ4v) is 5.63. The number of hydrogen-bond acceptors (Lipinski definition) is 6. The van der Waals surface area contributed by atoms with Crippen molar-refractivity contribution < 1.29 is 19.2 Å². The van der Waals surface area contributed by atoms with Gasteiger partial charge in [0.1, 0.15) is 5.52 Å². The molecule has 7 nitrogen and oxygen atoms in total. The first-order chi connectivity index (χ1) is 16.9. The summed E-state index contributed by atoms with van der Waals surface area (Å²) in [6.45, 7) is 6.28. The average molecular weight is 468 g/mol. The van der Waals surface area contributed by atoms with Crippen molar-refractivity contribution in [2.75, 3.05) is 23.3 Å². The van der Waals surface area contributed by atoms with Gasteiger partial charge in [0.2, 0.25) is 0 Å². The van der Waals surface area contributed by atoms with Crippen LogP contribution in [-0.4, -0.2) is 35.1 Å². The lowest BCUT2D eigenvalue weighted by Gasteiger charge is -2.37. The molecule has 6 rings (SSSR count). The number of hydrogen-bond donors (Lipinski definition) is 2. The van der Waals surface area contributed by atoms with E-state index in [4.69, 9.17) is 4.52 Å². The molecule has 1 aliphatic carbocycles. The highest BCUT2D eigenvalue weighted by atomic mass is 16.5. The summed E-state index contributed by atoms with van der Waals surface area (Å²) in [5.74, 6) is 0.531. The van der Waals surface area contributed by atoms with Gasteiger partial charge in [0.15, 0.2) is 11.5 Å². The van der Waals surface area contributed by atoms with Crippen LogP contribution in [0.15, 0.2) is 59.1 Å². The summed E-state index contributed by atoms with van der Waals surface area (Å²) in [6.07, 6.45) is 1.17. The van der Waals surface area contributed by atoms with Crippen molar-refractivity contribution in [2.45, 2.75) is 20.3 Å².